The van der Waals surface area contributed by atoms with Crippen molar-refractivity contribution in [1.29, 1.82) is 0 Å². The molecule has 0 unspecified atom stereocenters. The minimum absolute atomic E-state index is 0.163. The number of amides is 1. The lowest BCUT2D eigenvalue weighted by molar-refractivity contribution is -0.118. The van der Waals surface area contributed by atoms with Crippen LogP contribution in [-0.2, 0) is 9.53 Å². The zero-order chi connectivity index (χ0) is 18.9. The third kappa shape index (κ3) is 6.08. The largest absolute Gasteiger partial charge is 0.482 e. The first-order valence-electron chi connectivity index (χ1n) is 8.45. The minimum Gasteiger partial charge on any atom is -0.482 e. The van der Waals surface area contributed by atoms with E-state index in [9.17, 15) is 9.59 Å². The van der Waals surface area contributed by atoms with Crippen LogP contribution in [0.2, 0.25) is 5.02 Å². The number of hydrogen-bond acceptors (Lipinski definition) is 4. The number of esters is 1. The van der Waals surface area contributed by atoms with Crippen molar-refractivity contribution in [2.75, 3.05) is 18.5 Å². The average Bonchev–Trinajstić information content (AvgIpc) is 2.63. The summed E-state index contributed by atoms with van der Waals surface area (Å²) in [5.41, 5.74) is 2.01. The Labute approximate surface area is 158 Å². The van der Waals surface area contributed by atoms with Crippen LogP contribution in [0.4, 0.5) is 5.69 Å². The first kappa shape index (κ1) is 19.8. The molecule has 6 heteroatoms. The Hall–Kier alpha value is -2.53. The van der Waals surface area contributed by atoms with Gasteiger partial charge in [0.15, 0.2) is 6.61 Å². The van der Waals surface area contributed by atoms with E-state index in [-0.39, 0.29) is 18.5 Å². The number of carbonyl (C=O) groups excluding carboxylic acids is 2. The molecule has 0 saturated carbocycles. The highest BCUT2D eigenvalue weighted by molar-refractivity contribution is 6.32. The molecule has 0 spiro atoms. The van der Waals surface area contributed by atoms with E-state index in [4.69, 9.17) is 21.1 Å². The molecule has 1 N–H and O–H groups in total. The van der Waals surface area contributed by atoms with Gasteiger partial charge in [0, 0.05) is 5.69 Å². The molecule has 0 aliphatic heterocycles. The van der Waals surface area contributed by atoms with Gasteiger partial charge in [0.2, 0.25) is 0 Å². The Morgan fingerprint density at radius 2 is 1.85 bits per heavy atom. The van der Waals surface area contributed by atoms with E-state index < -0.39 is 0 Å². The fraction of sp³-hybridized carbons (Fsp3) is 0.300. The summed E-state index contributed by atoms with van der Waals surface area (Å²) in [7, 11) is 0. The maximum absolute atomic E-state index is 12.0. The summed E-state index contributed by atoms with van der Waals surface area (Å²) in [6.07, 6.45) is 1.80. The number of unbranched alkanes of at least 4 members (excludes halogenated alkanes) is 1. The number of nitrogens with one attached hydrogen (secondary N) is 1. The molecule has 5 nitrogen and oxygen atoms in total. The number of aryl methyl sites for hydroxylation is 1. The SMILES string of the molecule is CCCCOC(=O)c1ccc(NC(=O)COc2cc(C)ccc2Cl)cc1. The van der Waals surface area contributed by atoms with Crippen LogP contribution in [0.1, 0.15) is 35.7 Å². The van der Waals surface area contributed by atoms with Gasteiger partial charge in [0.05, 0.1) is 17.2 Å². The number of anilines is 1. The Morgan fingerprint density at radius 1 is 1.12 bits per heavy atom. The number of carbonyl (C=O) groups is 2. The van der Waals surface area contributed by atoms with Gasteiger partial charge in [0.25, 0.3) is 5.91 Å². The van der Waals surface area contributed by atoms with E-state index in [1.165, 1.54) is 0 Å². The van der Waals surface area contributed by atoms with E-state index in [1.54, 1.807) is 36.4 Å². The van der Waals surface area contributed by atoms with Crippen LogP contribution in [0.25, 0.3) is 0 Å². The van der Waals surface area contributed by atoms with Crippen LogP contribution < -0.4 is 10.1 Å². The van der Waals surface area contributed by atoms with Gasteiger partial charge in [-0.05, 0) is 55.3 Å². The van der Waals surface area contributed by atoms with Gasteiger partial charge in [-0.3, -0.25) is 4.79 Å². The van der Waals surface area contributed by atoms with E-state index in [0.29, 0.717) is 28.6 Å². The van der Waals surface area contributed by atoms with Crippen LogP contribution >= 0.6 is 11.6 Å². The summed E-state index contributed by atoms with van der Waals surface area (Å²) in [5.74, 6) is -0.221. The van der Waals surface area contributed by atoms with Crippen LogP contribution in [0.3, 0.4) is 0 Å². The predicted molar refractivity (Wildman–Crippen MR) is 102 cm³/mol. The van der Waals surface area contributed by atoms with Crippen molar-refractivity contribution in [1.82, 2.24) is 0 Å². The standard InChI is InChI=1S/C20H22ClNO4/c1-3-4-11-25-20(24)15-6-8-16(9-7-15)22-19(23)13-26-18-12-14(2)5-10-17(18)21/h5-10,12H,3-4,11,13H2,1-2H3,(H,22,23). The summed E-state index contributed by atoms with van der Waals surface area (Å²) >= 11 is 6.03. The zero-order valence-electron chi connectivity index (χ0n) is 14.9. The highest BCUT2D eigenvalue weighted by Gasteiger charge is 2.09. The van der Waals surface area contributed by atoms with Crippen LogP contribution in [0, 0.1) is 6.92 Å². The molecule has 138 valence electrons. The summed E-state index contributed by atoms with van der Waals surface area (Å²) in [6.45, 7) is 4.19. The predicted octanol–water partition coefficient (Wildman–Crippen LogP) is 4.62. The monoisotopic (exact) mass is 375 g/mol. The lowest BCUT2D eigenvalue weighted by Crippen LogP contribution is -2.20. The molecule has 2 aromatic carbocycles. The molecule has 0 bridgehead atoms. The molecule has 0 radical (unpaired) electrons. The molecular weight excluding hydrogens is 354 g/mol. The smallest absolute Gasteiger partial charge is 0.338 e. The number of hydrogen-bond donors (Lipinski definition) is 1. The summed E-state index contributed by atoms with van der Waals surface area (Å²) < 4.78 is 10.6. The van der Waals surface area contributed by atoms with E-state index in [2.05, 4.69) is 5.32 Å². The van der Waals surface area contributed by atoms with Crippen molar-refractivity contribution >= 4 is 29.2 Å². The lowest BCUT2D eigenvalue weighted by atomic mass is 10.2. The number of ether oxygens (including phenoxy) is 2. The van der Waals surface area contributed by atoms with Crippen molar-refractivity contribution in [2.45, 2.75) is 26.7 Å². The van der Waals surface area contributed by atoms with Gasteiger partial charge < -0.3 is 14.8 Å². The number of benzene rings is 2. The molecule has 2 aromatic rings. The molecule has 0 aliphatic carbocycles. The van der Waals surface area contributed by atoms with Crippen molar-refractivity contribution in [3.05, 3.63) is 58.6 Å². The molecule has 0 fully saturated rings. The topological polar surface area (TPSA) is 64.6 Å². The zero-order valence-corrected chi connectivity index (χ0v) is 15.6. The Morgan fingerprint density at radius 3 is 2.54 bits per heavy atom. The highest BCUT2D eigenvalue weighted by atomic mass is 35.5. The first-order valence-corrected chi connectivity index (χ1v) is 8.83. The van der Waals surface area contributed by atoms with Gasteiger partial charge in [-0.1, -0.05) is 31.0 Å². The van der Waals surface area contributed by atoms with Gasteiger partial charge in [-0.15, -0.1) is 0 Å². The summed E-state index contributed by atoms with van der Waals surface area (Å²) in [4.78, 5) is 23.8. The molecule has 0 heterocycles. The summed E-state index contributed by atoms with van der Waals surface area (Å²) in [6, 6.07) is 11.9. The van der Waals surface area contributed by atoms with Gasteiger partial charge in [0.1, 0.15) is 5.75 Å². The third-order valence-electron chi connectivity index (χ3n) is 3.58. The second-order valence-corrected chi connectivity index (χ2v) is 6.24. The van der Waals surface area contributed by atoms with Crippen LogP contribution in [-0.4, -0.2) is 25.1 Å². The molecule has 0 aliphatic rings. The normalized spacial score (nSPS) is 10.3. The van der Waals surface area contributed by atoms with Crippen molar-refractivity contribution in [3.8, 4) is 5.75 Å². The van der Waals surface area contributed by atoms with Gasteiger partial charge in [-0.2, -0.15) is 0 Å². The molecule has 0 saturated heterocycles. The van der Waals surface area contributed by atoms with E-state index >= 15 is 0 Å². The van der Waals surface area contributed by atoms with Crippen molar-refractivity contribution < 1.29 is 19.1 Å². The molecule has 2 rings (SSSR count). The molecule has 0 atom stereocenters. The fourth-order valence-electron chi connectivity index (χ4n) is 2.14. The third-order valence-corrected chi connectivity index (χ3v) is 3.89. The number of rotatable bonds is 8. The minimum atomic E-state index is -0.367. The Bertz CT molecular complexity index is 759. The van der Waals surface area contributed by atoms with E-state index in [0.717, 1.165) is 18.4 Å². The summed E-state index contributed by atoms with van der Waals surface area (Å²) in [5, 5.41) is 3.16. The number of halogens is 1. The lowest BCUT2D eigenvalue weighted by Gasteiger charge is -2.10. The maximum atomic E-state index is 12.0. The van der Waals surface area contributed by atoms with Gasteiger partial charge in [-0.25, -0.2) is 4.79 Å². The highest BCUT2D eigenvalue weighted by Crippen LogP contribution is 2.25. The Kier molecular flexibility index (Phi) is 7.48. The fourth-order valence-corrected chi connectivity index (χ4v) is 2.32. The second kappa shape index (κ2) is 9.82. The molecular formula is C20H22ClNO4. The first-order chi connectivity index (χ1) is 12.5. The van der Waals surface area contributed by atoms with Gasteiger partial charge >= 0.3 is 5.97 Å². The molecule has 26 heavy (non-hydrogen) atoms. The van der Waals surface area contributed by atoms with Crippen molar-refractivity contribution in [2.24, 2.45) is 0 Å². The van der Waals surface area contributed by atoms with Crippen molar-refractivity contribution in [3.63, 3.8) is 0 Å². The average molecular weight is 376 g/mol. The van der Waals surface area contributed by atoms with Crippen LogP contribution in [0.15, 0.2) is 42.5 Å². The van der Waals surface area contributed by atoms with E-state index in [1.807, 2.05) is 19.9 Å². The van der Waals surface area contributed by atoms with Crippen LogP contribution in [0.5, 0.6) is 5.75 Å². The Balaban J connectivity index is 1.85. The molecule has 1 amide bonds. The second-order valence-electron chi connectivity index (χ2n) is 5.84. The maximum Gasteiger partial charge on any atom is 0.338 e. The quantitative estimate of drug-likeness (QED) is 0.540. The molecule has 0 aromatic heterocycles.